The normalized spacial score (nSPS) is 16.3. The topological polar surface area (TPSA) is 66.8 Å². The maximum Gasteiger partial charge on any atom is 0.253 e. The van der Waals surface area contributed by atoms with Gasteiger partial charge in [0.05, 0.1) is 11.9 Å². The predicted molar refractivity (Wildman–Crippen MR) is 115 cm³/mol. The molecule has 1 fully saturated rings. The van der Waals surface area contributed by atoms with Crippen molar-refractivity contribution in [3.8, 4) is 16.8 Å². The van der Waals surface area contributed by atoms with Crippen LogP contribution in [0.5, 0.6) is 0 Å². The molecule has 0 unspecified atom stereocenters. The molecule has 0 bridgehead atoms. The molecule has 2 aromatic carbocycles. The second-order valence-electron chi connectivity index (χ2n) is 7.92. The lowest BCUT2D eigenvalue weighted by atomic mass is 9.90. The first-order chi connectivity index (χ1) is 15.6. The van der Waals surface area contributed by atoms with Crippen molar-refractivity contribution >= 4 is 5.91 Å². The summed E-state index contributed by atoms with van der Waals surface area (Å²) in [7, 11) is 0. The van der Waals surface area contributed by atoms with Gasteiger partial charge in [-0.15, -0.1) is 0 Å². The molecular weight excluding hydrogens is 412 g/mol. The van der Waals surface area contributed by atoms with E-state index in [9.17, 15) is 13.6 Å². The van der Waals surface area contributed by atoms with Gasteiger partial charge in [-0.2, -0.15) is 10.2 Å². The number of aromatic amines is 1. The van der Waals surface area contributed by atoms with E-state index in [1.54, 1.807) is 23.1 Å². The summed E-state index contributed by atoms with van der Waals surface area (Å²) in [6, 6.07) is 13.1. The van der Waals surface area contributed by atoms with E-state index in [-0.39, 0.29) is 11.8 Å². The van der Waals surface area contributed by atoms with Gasteiger partial charge in [-0.1, -0.05) is 12.1 Å². The second-order valence-corrected chi connectivity index (χ2v) is 7.92. The number of halogens is 2. The van der Waals surface area contributed by atoms with Crippen molar-refractivity contribution in [1.29, 1.82) is 0 Å². The fourth-order valence-electron chi connectivity index (χ4n) is 4.28. The molecule has 1 aliphatic rings. The zero-order valence-corrected chi connectivity index (χ0v) is 17.2. The van der Waals surface area contributed by atoms with Crippen LogP contribution in [0.1, 0.15) is 34.8 Å². The average Bonchev–Trinajstić information content (AvgIpc) is 3.53. The van der Waals surface area contributed by atoms with Gasteiger partial charge in [-0.05, 0) is 54.8 Å². The number of benzene rings is 2. The number of likely N-dealkylation sites (tertiary alicyclic amines) is 1. The predicted octanol–water partition coefficient (Wildman–Crippen LogP) is 4.56. The van der Waals surface area contributed by atoms with Gasteiger partial charge in [0.15, 0.2) is 11.6 Å². The lowest BCUT2D eigenvalue weighted by Crippen LogP contribution is -2.39. The molecule has 1 aliphatic heterocycles. The van der Waals surface area contributed by atoms with Gasteiger partial charge in [0.1, 0.15) is 0 Å². The lowest BCUT2D eigenvalue weighted by molar-refractivity contribution is 0.0706. The van der Waals surface area contributed by atoms with Crippen LogP contribution in [0.3, 0.4) is 0 Å². The minimum absolute atomic E-state index is 0.0209. The first kappa shape index (κ1) is 20.1. The minimum atomic E-state index is -0.896. The molecular formula is C24H21F2N5O. The number of nitrogens with one attached hydrogen (secondary N) is 1. The van der Waals surface area contributed by atoms with E-state index < -0.39 is 11.6 Å². The number of nitrogens with zero attached hydrogens (tertiary/aromatic N) is 4. The fourth-order valence-corrected chi connectivity index (χ4v) is 4.28. The molecule has 0 saturated carbocycles. The molecule has 3 heterocycles. The van der Waals surface area contributed by atoms with Gasteiger partial charge >= 0.3 is 0 Å². The van der Waals surface area contributed by atoms with Crippen molar-refractivity contribution in [2.75, 3.05) is 13.1 Å². The first-order valence-corrected chi connectivity index (χ1v) is 10.5. The Morgan fingerprint density at radius 2 is 2.00 bits per heavy atom. The molecule has 2 aromatic heterocycles. The molecule has 0 spiro atoms. The summed E-state index contributed by atoms with van der Waals surface area (Å²) in [5.41, 5.74) is 3.54. The van der Waals surface area contributed by atoms with Crippen LogP contribution < -0.4 is 0 Å². The van der Waals surface area contributed by atoms with Gasteiger partial charge in [0, 0.05) is 48.2 Å². The smallest absolute Gasteiger partial charge is 0.253 e. The minimum Gasteiger partial charge on any atom is -0.338 e. The number of carbonyl (C=O) groups excluding carboxylic acids is 1. The largest absolute Gasteiger partial charge is 0.338 e. The standard InChI is InChI=1S/C24H21F2N5O/c25-21-8-7-16(13-22(21)26)20-14-27-29-23(20)18-5-2-10-30(15-18)24(32)17-4-1-6-19(12-17)31-11-3-9-28-31/h1,3-4,6-9,11-14,18H,2,5,10,15H2,(H,27,29)/t18-/m1/s1. The van der Waals surface area contributed by atoms with Crippen LogP contribution in [0.25, 0.3) is 16.8 Å². The summed E-state index contributed by atoms with van der Waals surface area (Å²) in [6.45, 7) is 1.18. The molecule has 4 aromatic rings. The Labute approximate surface area is 183 Å². The number of carbonyl (C=O) groups is 1. The summed E-state index contributed by atoms with van der Waals surface area (Å²) in [5, 5.41) is 11.4. The monoisotopic (exact) mass is 433 g/mol. The second kappa shape index (κ2) is 8.37. The third-order valence-electron chi connectivity index (χ3n) is 5.88. The van der Waals surface area contributed by atoms with E-state index in [0.29, 0.717) is 24.2 Å². The van der Waals surface area contributed by atoms with E-state index >= 15 is 0 Å². The summed E-state index contributed by atoms with van der Waals surface area (Å²) in [6.07, 6.45) is 6.86. The van der Waals surface area contributed by atoms with Crippen LogP contribution in [-0.2, 0) is 0 Å². The molecule has 1 atom stereocenters. The van der Waals surface area contributed by atoms with Gasteiger partial charge in [0.2, 0.25) is 0 Å². The Morgan fingerprint density at radius 1 is 1.09 bits per heavy atom. The quantitative estimate of drug-likeness (QED) is 0.513. The molecule has 1 saturated heterocycles. The summed E-state index contributed by atoms with van der Waals surface area (Å²) >= 11 is 0. The van der Waals surface area contributed by atoms with Crippen molar-refractivity contribution in [2.24, 2.45) is 0 Å². The summed E-state index contributed by atoms with van der Waals surface area (Å²) < 4.78 is 28.9. The van der Waals surface area contributed by atoms with Crippen LogP contribution in [-0.4, -0.2) is 43.9 Å². The highest BCUT2D eigenvalue weighted by Crippen LogP contribution is 2.34. The van der Waals surface area contributed by atoms with Crippen molar-refractivity contribution in [3.05, 3.63) is 90.0 Å². The van der Waals surface area contributed by atoms with Crippen LogP contribution >= 0.6 is 0 Å². The molecule has 1 amide bonds. The Hall–Kier alpha value is -3.81. The van der Waals surface area contributed by atoms with Crippen molar-refractivity contribution in [2.45, 2.75) is 18.8 Å². The number of piperidine rings is 1. The van der Waals surface area contributed by atoms with E-state index in [4.69, 9.17) is 0 Å². The maximum absolute atomic E-state index is 13.8. The van der Waals surface area contributed by atoms with Crippen molar-refractivity contribution < 1.29 is 13.6 Å². The molecule has 0 aliphatic carbocycles. The first-order valence-electron chi connectivity index (χ1n) is 10.5. The van der Waals surface area contributed by atoms with Crippen LogP contribution in [0, 0.1) is 11.6 Å². The highest BCUT2D eigenvalue weighted by molar-refractivity contribution is 5.95. The summed E-state index contributed by atoms with van der Waals surface area (Å²) in [4.78, 5) is 15.1. The average molecular weight is 433 g/mol. The molecule has 0 radical (unpaired) electrons. The van der Waals surface area contributed by atoms with E-state index in [2.05, 4.69) is 15.3 Å². The number of amides is 1. The zero-order chi connectivity index (χ0) is 22.1. The highest BCUT2D eigenvalue weighted by Gasteiger charge is 2.28. The Kier molecular flexibility index (Phi) is 5.26. The molecule has 32 heavy (non-hydrogen) atoms. The highest BCUT2D eigenvalue weighted by atomic mass is 19.2. The number of H-pyrrole nitrogens is 1. The SMILES string of the molecule is O=C(c1cccc(-n2cccn2)c1)N1CCC[C@@H](c2[nH]ncc2-c2ccc(F)c(F)c2)C1. The number of aromatic nitrogens is 4. The van der Waals surface area contributed by atoms with E-state index in [0.717, 1.165) is 35.9 Å². The van der Waals surface area contributed by atoms with Crippen molar-refractivity contribution in [3.63, 3.8) is 0 Å². The van der Waals surface area contributed by atoms with Crippen molar-refractivity contribution in [1.82, 2.24) is 24.9 Å². The molecule has 8 heteroatoms. The fraction of sp³-hybridized carbons (Fsp3) is 0.208. The van der Waals surface area contributed by atoms with Gasteiger partial charge in [-0.3, -0.25) is 9.89 Å². The maximum atomic E-state index is 13.8. The molecule has 1 N–H and O–H groups in total. The van der Waals surface area contributed by atoms with Gasteiger partial charge < -0.3 is 4.90 Å². The third kappa shape index (κ3) is 3.79. The summed E-state index contributed by atoms with van der Waals surface area (Å²) in [5.74, 6) is -1.80. The zero-order valence-electron chi connectivity index (χ0n) is 17.2. The lowest BCUT2D eigenvalue weighted by Gasteiger charge is -2.33. The molecule has 6 nitrogen and oxygen atoms in total. The van der Waals surface area contributed by atoms with Crippen LogP contribution in [0.4, 0.5) is 8.78 Å². The van der Waals surface area contributed by atoms with E-state index in [1.807, 2.05) is 41.4 Å². The Balaban J connectivity index is 1.38. The number of hydrogen-bond acceptors (Lipinski definition) is 3. The Bertz CT molecular complexity index is 1250. The van der Waals surface area contributed by atoms with Gasteiger partial charge in [0.25, 0.3) is 5.91 Å². The Morgan fingerprint density at radius 3 is 2.81 bits per heavy atom. The van der Waals surface area contributed by atoms with E-state index in [1.165, 1.54) is 6.07 Å². The van der Waals surface area contributed by atoms with Crippen LogP contribution in [0.2, 0.25) is 0 Å². The van der Waals surface area contributed by atoms with Gasteiger partial charge in [-0.25, -0.2) is 13.5 Å². The molecule has 162 valence electrons. The number of rotatable bonds is 4. The van der Waals surface area contributed by atoms with Crippen LogP contribution in [0.15, 0.2) is 67.1 Å². The molecule has 5 rings (SSSR count). The third-order valence-corrected chi connectivity index (χ3v) is 5.88. The number of hydrogen-bond donors (Lipinski definition) is 1.